The van der Waals surface area contributed by atoms with Gasteiger partial charge in [-0.15, -0.1) is 0 Å². The lowest BCUT2D eigenvalue weighted by Crippen LogP contribution is -2.50. The Morgan fingerprint density at radius 3 is 2.29 bits per heavy atom. The van der Waals surface area contributed by atoms with Crippen molar-refractivity contribution >= 4 is 35.1 Å². The Kier molecular flexibility index (Phi) is 4.75. The number of aromatic nitrogens is 2. The molecule has 0 aliphatic carbocycles. The summed E-state index contributed by atoms with van der Waals surface area (Å²) in [5.41, 5.74) is 0.244. The zero-order valence-corrected chi connectivity index (χ0v) is 14.2. The number of carbonyl (C=O) groups is 1. The standard InChI is InChI=1S/C15H18ClFN6O/c1-9(2)12-11(17)13(24)21-15(20-12)23-5-3-22(4-6-23)14-18-7-10(16)8-19-14/h7-9,11H,3-6H2,1-2H3. The van der Waals surface area contributed by atoms with Gasteiger partial charge in [0.05, 0.1) is 23.1 Å². The summed E-state index contributed by atoms with van der Waals surface area (Å²) in [6.45, 7) is 6.14. The van der Waals surface area contributed by atoms with E-state index in [1.54, 1.807) is 12.4 Å². The van der Waals surface area contributed by atoms with Crippen LogP contribution in [0.25, 0.3) is 0 Å². The van der Waals surface area contributed by atoms with Crippen molar-refractivity contribution in [1.29, 1.82) is 0 Å². The van der Waals surface area contributed by atoms with Crippen LogP contribution in [-0.2, 0) is 4.79 Å². The van der Waals surface area contributed by atoms with E-state index in [0.29, 0.717) is 43.1 Å². The number of anilines is 1. The minimum absolute atomic E-state index is 0.141. The third kappa shape index (κ3) is 3.38. The first-order valence-corrected chi connectivity index (χ1v) is 8.16. The van der Waals surface area contributed by atoms with Crippen molar-refractivity contribution in [2.75, 3.05) is 31.1 Å². The summed E-state index contributed by atoms with van der Waals surface area (Å²) < 4.78 is 13.9. The van der Waals surface area contributed by atoms with Crippen molar-refractivity contribution in [1.82, 2.24) is 14.9 Å². The zero-order chi connectivity index (χ0) is 17.3. The first-order chi connectivity index (χ1) is 11.5. The molecule has 24 heavy (non-hydrogen) atoms. The Labute approximate surface area is 144 Å². The molecule has 2 aliphatic rings. The van der Waals surface area contributed by atoms with Gasteiger partial charge in [0.1, 0.15) is 0 Å². The lowest BCUT2D eigenvalue weighted by atomic mass is 10.0. The number of rotatable bonds is 2. The van der Waals surface area contributed by atoms with Crippen LogP contribution in [0.4, 0.5) is 10.3 Å². The highest BCUT2D eigenvalue weighted by atomic mass is 35.5. The third-order valence-electron chi connectivity index (χ3n) is 3.96. The first kappa shape index (κ1) is 16.8. The summed E-state index contributed by atoms with van der Waals surface area (Å²) in [5, 5.41) is 0.490. The molecule has 128 valence electrons. The molecule has 0 bridgehead atoms. The number of hydrogen-bond acceptors (Lipinski definition) is 6. The van der Waals surface area contributed by atoms with Crippen molar-refractivity contribution in [2.45, 2.75) is 20.0 Å². The van der Waals surface area contributed by atoms with E-state index in [-0.39, 0.29) is 11.6 Å². The molecule has 7 nitrogen and oxygen atoms in total. The fourth-order valence-electron chi connectivity index (χ4n) is 2.62. The second kappa shape index (κ2) is 6.80. The maximum atomic E-state index is 13.9. The van der Waals surface area contributed by atoms with Gasteiger partial charge in [-0.25, -0.2) is 19.4 Å². The van der Waals surface area contributed by atoms with Crippen LogP contribution in [0.3, 0.4) is 0 Å². The molecule has 3 rings (SSSR count). The number of amides is 1. The largest absolute Gasteiger partial charge is 0.337 e. The van der Waals surface area contributed by atoms with E-state index >= 15 is 0 Å². The lowest BCUT2D eigenvalue weighted by Gasteiger charge is -2.36. The van der Waals surface area contributed by atoms with Gasteiger partial charge in [-0.3, -0.25) is 4.79 Å². The summed E-state index contributed by atoms with van der Waals surface area (Å²) in [7, 11) is 0. The minimum Gasteiger partial charge on any atom is -0.337 e. The number of hydrogen-bond donors (Lipinski definition) is 0. The number of halogens is 2. The average Bonchev–Trinajstić information content (AvgIpc) is 2.58. The van der Waals surface area contributed by atoms with Gasteiger partial charge in [0.25, 0.3) is 5.91 Å². The van der Waals surface area contributed by atoms with Crippen LogP contribution in [0.15, 0.2) is 22.4 Å². The average molecular weight is 353 g/mol. The van der Waals surface area contributed by atoms with E-state index in [1.165, 1.54) is 0 Å². The van der Waals surface area contributed by atoms with Gasteiger partial charge in [-0.1, -0.05) is 25.4 Å². The Bertz CT molecular complexity index is 682. The summed E-state index contributed by atoms with van der Waals surface area (Å²) in [4.78, 5) is 32.1. The van der Waals surface area contributed by atoms with E-state index in [9.17, 15) is 9.18 Å². The number of nitrogens with zero attached hydrogens (tertiary/aromatic N) is 6. The van der Waals surface area contributed by atoms with Gasteiger partial charge < -0.3 is 9.80 Å². The zero-order valence-electron chi connectivity index (χ0n) is 13.5. The fourth-order valence-corrected chi connectivity index (χ4v) is 2.71. The maximum absolute atomic E-state index is 13.9. The molecular formula is C15H18ClFN6O. The highest BCUT2D eigenvalue weighted by Gasteiger charge is 2.33. The number of alkyl halides is 1. The Hall–Kier alpha value is -2.09. The second-order valence-electron chi connectivity index (χ2n) is 5.98. The monoisotopic (exact) mass is 352 g/mol. The minimum atomic E-state index is -1.72. The van der Waals surface area contributed by atoms with Crippen LogP contribution in [-0.4, -0.2) is 64.8 Å². The van der Waals surface area contributed by atoms with E-state index in [1.807, 2.05) is 23.6 Å². The van der Waals surface area contributed by atoms with Crippen molar-refractivity contribution in [3.05, 3.63) is 17.4 Å². The van der Waals surface area contributed by atoms with Crippen LogP contribution < -0.4 is 4.90 Å². The molecule has 3 heterocycles. The molecule has 1 aromatic rings. The summed E-state index contributed by atoms with van der Waals surface area (Å²) in [5.74, 6) is -0.00412. The van der Waals surface area contributed by atoms with Crippen molar-refractivity contribution in [2.24, 2.45) is 15.9 Å². The molecule has 1 saturated heterocycles. The highest BCUT2D eigenvalue weighted by Crippen LogP contribution is 2.17. The third-order valence-corrected chi connectivity index (χ3v) is 4.15. The summed E-state index contributed by atoms with van der Waals surface area (Å²) >= 11 is 5.80. The lowest BCUT2D eigenvalue weighted by molar-refractivity contribution is -0.120. The van der Waals surface area contributed by atoms with Crippen LogP contribution in [0.2, 0.25) is 5.02 Å². The van der Waals surface area contributed by atoms with Gasteiger partial charge in [-0.05, 0) is 5.92 Å². The number of carbonyl (C=O) groups excluding carboxylic acids is 1. The Morgan fingerprint density at radius 2 is 1.71 bits per heavy atom. The van der Waals surface area contributed by atoms with E-state index < -0.39 is 12.1 Å². The molecule has 1 aromatic heterocycles. The maximum Gasteiger partial charge on any atom is 0.289 e. The molecule has 9 heteroatoms. The molecule has 2 aliphatic heterocycles. The predicted molar refractivity (Wildman–Crippen MR) is 90.4 cm³/mol. The number of aliphatic imine (C=N–C) groups is 2. The van der Waals surface area contributed by atoms with E-state index in [0.717, 1.165) is 0 Å². The van der Waals surface area contributed by atoms with Crippen LogP contribution >= 0.6 is 11.6 Å². The SMILES string of the molecule is CC(C)C1=NC(N2CCN(c3ncc(Cl)cn3)CC2)=NC(=O)C1F. The van der Waals surface area contributed by atoms with Gasteiger partial charge in [-0.2, -0.15) is 4.99 Å². The van der Waals surface area contributed by atoms with Crippen LogP contribution in [0.1, 0.15) is 13.8 Å². The molecule has 1 atom stereocenters. The van der Waals surface area contributed by atoms with Gasteiger partial charge >= 0.3 is 0 Å². The number of piperazine rings is 1. The van der Waals surface area contributed by atoms with Gasteiger partial charge in [0.2, 0.25) is 18.1 Å². The predicted octanol–water partition coefficient (Wildman–Crippen LogP) is 1.58. The molecule has 0 aromatic carbocycles. The molecular weight excluding hydrogens is 335 g/mol. The quantitative estimate of drug-likeness (QED) is 0.808. The molecule has 0 saturated carbocycles. The molecule has 1 amide bonds. The molecule has 1 fully saturated rings. The highest BCUT2D eigenvalue weighted by molar-refractivity contribution is 6.30. The summed E-state index contributed by atoms with van der Waals surface area (Å²) in [6.07, 6.45) is 1.39. The van der Waals surface area contributed by atoms with E-state index in [4.69, 9.17) is 11.6 Å². The molecule has 1 unspecified atom stereocenters. The summed E-state index contributed by atoms with van der Waals surface area (Å²) in [6, 6.07) is 0. The number of guanidine groups is 1. The fraction of sp³-hybridized carbons (Fsp3) is 0.533. The molecule has 0 spiro atoms. The van der Waals surface area contributed by atoms with E-state index in [2.05, 4.69) is 20.0 Å². The molecule has 0 radical (unpaired) electrons. The smallest absolute Gasteiger partial charge is 0.289 e. The van der Waals surface area contributed by atoms with Gasteiger partial charge in [0.15, 0.2) is 0 Å². The topological polar surface area (TPSA) is 74.1 Å². The van der Waals surface area contributed by atoms with Crippen molar-refractivity contribution in [3.8, 4) is 0 Å². The van der Waals surface area contributed by atoms with Crippen LogP contribution in [0.5, 0.6) is 0 Å². The van der Waals surface area contributed by atoms with Crippen molar-refractivity contribution < 1.29 is 9.18 Å². The van der Waals surface area contributed by atoms with Gasteiger partial charge in [0, 0.05) is 26.2 Å². The second-order valence-corrected chi connectivity index (χ2v) is 6.42. The normalized spacial score (nSPS) is 21.9. The van der Waals surface area contributed by atoms with Crippen LogP contribution in [0, 0.1) is 5.92 Å². The molecule has 0 N–H and O–H groups in total. The Morgan fingerprint density at radius 1 is 1.12 bits per heavy atom. The first-order valence-electron chi connectivity index (χ1n) is 7.78. The van der Waals surface area contributed by atoms with Crippen molar-refractivity contribution in [3.63, 3.8) is 0 Å². The Balaban J connectivity index is 1.69.